The minimum atomic E-state index is -0.501. The molecule has 0 spiro atoms. The molecule has 136 valence electrons. The average molecular weight is 356 g/mol. The number of hydrogen-bond acceptors (Lipinski definition) is 7. The van der Waals surface area contributed by atoms with Gasteiger partial charge in [-0.05, 0) is 31.4 Å². The Bertz CT molecular complexity index is 576. The summed E-state index contributed by atoms with van der Waals surface area (Å²) in [5, 5.41) is 16.2. The van der Waals surface area contributed by atoms with Gasteiger partial charge in [-0.2, -0.15) is 11.8 Å². The molecule has 1 aromatic rings. The first-order chi connectivity index (χ1) is 11.1. The summed E-state index contributed by atoms with van der Waals surface area (Å²) < 4.78 is 5.96. The molecule has 0 bridgehead atoms. The first kappa shape index (κ1) is 20.4. The highest BCUT2D eigenvalue weighted by Crippen LogP contribution is 2.31. The van der Waals surface area contributed by atoms with Crippen LogP contribution in [0, 0.1) is 10.1 Å². The Kier molecular flexibility index (Phi) is 7.62. The van der Waals surface area contributed by atoms with E-state index in [0.717, 1.165) is 34.8 Å². The number of nitrogens with two attached hydrogens (primary N) is 1. The Morgan fingerprint density at radius 2 is 2.21 bits per heavy atom. The Balaban J connectivity index is 2.53. The third-order valence-corrected chi connectivity index (χ3v) is 4.31. The average Bonchev–Trinajstić information content (AvgIpc) is 2.89. The maximum Gasteiger partial charge on any atom is 0.274 e. The van der Waals surface area contributed by atoms with E-state index in [-0.39, 0.29) is 0 Å². The van der Waals surface area contributed by atoms with Crippen molar-refractivity contribution in [2.75, 3.05) is 19.3 Å². The quantitative estimate of drug-likeness (QED) is 0.336. The highest BCUT2D eigenvalue weighted by Gasteiger charge is 2.25. The molecule has 1 heterocycles. The molecule has 0 fully saturated rings. The van der Waals surface area contributed by atoms with E-state index in [4.69, 9.17) is 10.2 Å². The minimum absolute atomic E-state index is 0.359. The van der Waals surface area contributed by atoms with Crippen molar-refractivity contribution >= 4 is 11.8 Å². The van der Waals surface area contributed by atoms with Crippen LogP contribution in [0.25, 0.3) is 0 Å². The van der Waals surface area contributed by atoms with Crippen LogP contribution < -0.4 is 16.4 Å². The summed E-state index contributed by atoms with van der Waals surface area (Å²) in [5.41, 5.74) is 6.85. The highest BCUT2D eigenvalue weighted by molar-refractivity contribution is 7.98. The van der Waals surface area contributed by atoms with Gasteiger partial charge in [0.15, 0.2) is 5.82 Å². The molecule has 24 heavy (non-hydrogen) atoms. The van der Waals surface area contributed by atoms with E-state index in [2.05, 4.69) is 30.5 Å². The summed E-state index contributed by atoms with van der Waals surface area (Å²) >= 11 is 1.70. The largest absolute Gasteiger partial charge is 0.463 e. The van der Waals surface area contributed by atoms with Crippen LogP contribution in [-0.2, 0) is 11.3 Å². The summed E-state index contributed by atoms with van der Waals surface area (Å²) in [6.07, 6.45) is 0.918. The number of hydrogen-bond donors (Lipinski definition) is 3. The Labute approximate surface area is 147 Å². The first-order valence-corrected chi connectivity index (χ1v) is 9.07. The maximum absolute atomic E-state index is 10.4. The van der Waals surface area contributed by atoms with Crippen LogP contribution >= 0.6 is 11.8 Å². The number of nitrogens with one attached hydrogen (secondary N) is 2. The Morgan fingerprint density at radius 3 is 2.67 bits per heavy atom. The van der Waals surface area contributed by atoms with E-state index >= 15 is 0 Å². The van der Waals surface area contributed by atoms with Crippen LogP contribution in [0.15, 0.2) is 22.5 Å². The zero-order valence-electron chi connectivity index (χ0n) is 15.0. The van der Waals surface area contributed by atoms with Gasteiger partial charge >= 0.3 is 0 Å². The molecule has 1 aromatic heterocycles. The minimum Gasteiger partial charge on any atom is -0.463 e. The molecule has 0 amide bonds. The smallest absolute Gasteiger partial charge is 0.274 e. The predicted molar refractivity (Wildman–Crippen MR) is 98.3 cm³/mol. The zero-order valence-corrected chi connectivity index (χ0v) is 15.8. The van der Waals surface area contributed by atoms with Crippen LogP contribution in [0.3, 0.4) is 0 Å². The van der Waals surface area contributed by atoms with Crippen molar-refractivity contribution in [3.05, 3.63) is 45.3 Å². The molecular weight excluding hydrogens is 328 g/mol. The molecule has 1 rings (SSSR count). The van der Waals surface area contributed by atoms with Crippen LogP contribution in [-0.4, -0.2) is 24.3 Å². The topological polar surface area (TPSA) is 106 Å². The van der Waals surface area contributed by atoms with Crippen LogP contribution in [0.4, 0.5) is 0 Å². The van der Waals surface area contributed by atoms with Crippen LogP contribution in [0.5, 0.6) is 0 Å². The molecule has 4 N–H and O–H groups in total. The lowest BCUT2D eigenvalue weighted by atomic mass is 9.94. The van der Waals surface area contributed by atoms with Gasteiger partial charge in [-0.1, -0.05) is 13.8 Å². The van der Waals surface area contributed by atoms with Crippen molar-refractivity contribution in [1.82, 2.24) is 10.6 Å². The van der Waals surface area contributed by atoms with Crippen molar-refractivity contribution in [2.24, 2.45) is 5.73 Å². The third-order valence-electron chi connectivity index (χ3n) is 3.33. The van der Waals surface area contributed by atoms with Gasteiger partial charge in [-0.15, -0.1) is 0 Å². The van der Waals surface area contributed by atoms with E-state index in [1.807, 2.05) is 13.8 Å². The monoisotopic (exact) mass is 356 g/mol. The predicted octanol–water partition coefficient (Wildman–Crippen LogP) is 2.71. The standard InChI is InChI=1S/C16H28N4O3S/c1-11(2)13-8-12(23-15(13)16(3,4)17)10-24-7-6-19-14(18-5)9-20(21)22/h8-9,11,18-19H,6-7,10,17H2,1-5H3/b14-9+. The maximum atomic E-state index is 10.4. The van der Waals surface area contributed by atoms with Gasteiger partial charge in [0.2, 0.25) is 0 Å². The second kappa shape index (κ2) is 8.98. The summed E-state index contributed by atoms with van der Waals surface area (Å²) in [5.74, 6) is 4.05. The van der Waals surface area contributed by atoms with Crippen molar-refractivity contribution in [2.45, 2.75) is 44.9 Å². The molecule has 0 aromatic carbocycles. The molecule has 0 radical (unpaired) electrons. The molecule has 0 aliphatic heterocycles. The molecule has 0 aliphatic carbocycles. The lowest BCUT2D eigenvalue weighted by Crippen LogP contribution is -2.29. The summed E-state index contributed by atoms with van der Waals surface area (Å²) in [6, 6.07) is 2.08. The van der Waals surface area contributed by atoms with E-state index in [0.29, 0.717) is 18.3 Å². The van der Waals surface area contributed by atoms with Crippen molar-refractivity contribution in [3.63, 3.8) is 0 Å². The number of nitro groups is 1. The molecule has 0 saturated carbocycles. The second-order valence-corrected chi connectivity index (χ2v) is 7.54. The summed E-state index contributed by atoms with van der Waals surface area (Å²) in [4.78, 5) is 9.95. The molecule has 0 unspecified atom stereocenters. The van der Waals surface area contributed by atoms with Gasteiger partial charge in [0.05, 0.1) is 16.2 Å². The van der Waals surface area contributed by atoms with Crippen molar-refractivity contribution in [1.29, 1.82) is 0 Å². The van der Waals surface area contributed by atoms with Gasteiger partial charge in [-0.3, -0.25) is 10.1 Å². The van der Waals surface area contributed by atoms with Gasteiger partial charge in [0, 0.05) is 19.3 Å². The van der Waals surface area contributed by atoms with Crippen molar-refractivity contribution in [3.8, 4) is 0 Å². The Morgan fingerprint density at radius 1 is 1.54 bits per heavy atom. The third kappa shape index (κ3) is 6.45. The lowest BCUT2D eigenvalue weighted by molar-refractivity contribution is -0.404. The SMILES string of the molecule is CN/C(=C\[N+](=O)[O-])NCCSCc1cc(C(C)C)c(C(C)(C)N)o1. The van der Waals surface area contributed by atoms with Gasteiger partial charge < -0.3 is 20.8 Å². The molecule has 0 aliphatic rings. The highest BCUT2D eigenvalue weighted by atomic mass is 32.2. The van der Waals surface area contributed by atoms with Gasteiger partial charge in [0.1, 0.15) is 11.5 Å². The fourth-order valence-corrected chi connectivity index (χ4v) is 2.93. The van der Waals surface area contributed by atoms with E-state index < -0.39 is 10.5 Å². The van der Waals surface area contributed by atoms with Crippen LogP contribution in [0.2, 0.25) is 0 Å². The first-order valence-electron chi connectivity index (χ1n) is 7.91. The zero-order chi connectivity index (χ0) is 18.3. The lowest BCUT2D eigenvalue weighted by Gasteiger charge is -2.18. The Hall–Kier alpha value is -1.67. The van der Waals surface area contributed by atoms with E-state index in [1.54, 1.807) is 18.8 Å². The summed E-state index contributed by atoms with van der Waals surface area (Å²) in [7, 11) is 1.64. The van der Waals surface area contributed by atoms with E-state index in [9.17, 15) is 10.1 Å². The normalized spacial score (nSPS) is 12.5. The van der Waals surface area contributed by atoms with Crippen molar-refractivity contribution < 1.29 is 9.34 Å². The number of rotatable bonds is 10. The van der Waals surface area contributed by atoms with E-state index in [1.165, 1.54) is 0 Å². The molecule has 0 atom stereocenters. The number of nitrogens with zero attached hydrogens (tertiary/aromatic N) is 1. The number of thioether (sulfide) groups is 1. The second-order valence-electron chi connectivity index (χ2n) is 6.43. The number of furan rings is 1. The fourth-order valence-electron chi connectivity index (χ4n) is 2.20. The van der Waals surface area contributed by atoms with Gasteiger partial charge in [-0.25, -0.2) is 0 Å². The molecular formula is C16H28N4O3S. The molecule has 7 nitrogen and oxygen atoms in total. The van der Waals surface area contributed by atoms with Gasteiger partial charge in [0.25, 0.3) is 6.20 Å². The van der Waals surface area contributed by atoms with Crippen LogP contribution in [0.1, 0.15) is 50.7 Å². The summed E-state index contributed by atoms with van der Waals surface area (Å²) in [6.45, 7) is 8.76. The molecule has 8 heteroatoms. The fraction of sp³-hybridized carbons (Fsp3) is 0.625. The molecule has 0 saturated heterocycles.